The van der Waals surface area contributed by atoms with Crippen LogP contribution in [-0.4, -0.2) is 63.4 Å². The number of aryl methyl sites for hydroxylation is 1. The van der Waals surface area contributed by atoms with Crippen molar-refractivity contribution in [2.45, 2.75) is 18.4 Å². The number of benzene rings is 3. The largest absolute Gasteiger partial charge is 0.497 e. The highest BCUT2D eigenvalue weighted by Gasteiger charge is 2.30. The van der Waals surface area contributed by atoms with Gasteiger partial charge >= 0.3 is 0 Å². The SMILES string of the molecule is COc1ccc(N2CCN(C(=O)CN(Cc3cccc(C)c3)S(=O)(=O)c3ccc(Cl)cc3)CC2)cc1. The molecule has 0 N–H and O–H groups in total. The molecule has 0 spiro atoms. The monoisotopic (exact) mass is 527 g/mol. The maximum Gasteiger partial charge on any atom is 0.243 e. The molecule has 1 fully saturated rings. The maximum absolute atomic E-state index is 13.5. The van der Waals surface area contributed by atoms with Crippen LogP contribution in [0.4, 0.5) is 5.69 Å². The van der Waals surface area contributed by atoms with E-state index in [9.17, 15) is 13.2 Å². The van der Waals surface area contributed by atoms with E-state index in [1.54, 1.807) is 24.1 Å². The number of anilines is 1. The summed E-state index contributed by atoms with van der Waals surface area (Å²) in [6, 6.07) is 21.5. The van der Waals surface area contributed by atoms with E-state index >= 15 is 0 Å². The summed E-state index contributed by atoms with van der Waals surface area (Å²) in [6.45, 7) is 4.19. The molecule has 190 valence electrons. The summed E-state index contributed by atoms with van der Waals surface area (Å²) in [5, 5.41) is 0.449. The number of rotatable bonds is 8. The zero-order valence-corrected chi connectivity index (χ0v) is 22.0. The van der Waals surface area contributed by atoms with Crippen LogP contribution in [0.3, 0.4) is 0 Å². The van der Waals surface area contributed by atoms with Crippen molar-refractivity contribution in [1.29, 1.82) is 0 Å². The van der Waals surface area contributed by atoms with Crippen LogP contribution in [-0.2, 0) is 21.4 Å². The molecule has 7 nitrogen and oxygen atoms in total. The van der Waals surface area contributed by atoms with E-state index in [1.165, 1.54) is 16.4 Å². The van der Waals surface area contributed by atoms with Crippen molar-refractivity contribution >= 4 is 33.2 Å². The van der Waals surface area contributed by atoms with Gasteiger partial charge in [0.25, 0.3) is 0 Å². The molecule has 0 aromatic heterocycles. The number of amides is 1. The second-order valence-corrected chi connectivity index (χ2v) is 11.2. The molecule has 36 heavy (non-hydrogen) atoms. The molecule has 1 aliphatic heterocycles. The second kappa shape index (κ2) is 11.3. The van der Waals surface area contributed by atoms with E-state index < -0.39 is 10.0 Å². The molecular weight excluding hydrogens is 498 g/mol. The van der Waals surface area contributed by atoms with Gasteiger partial charge in [0.15, 0.2) is 0 Å². The summed E-state index contributed by atoms with van der Waals surface area (Å²) < 4.78 is 33.5. The fourth-order valence-corrected chi connectivity index (χ4v) is 5.76. The minimum Gasteiger partial charge on any atom is -0.497 e. The first-order valence-corrected chi connectivity index (χ1v) is 13.6. The zero-order valence-electron chi connectivity index (χ0n) is 20.4. The smallest absolute Gasteiger partial charge is 0.243 e. The summed E-state index contributed by atoms with van der Waals surface area (Å²) in [7, 11) is -2.28. The van der Waals surface area contributed by atoms with Crippen molar-refractivity contribution in [3.05, 3.63) is 88.9 Å². The first-order chi connectivity index (χ1) is 17.3. The zero-order chi connectivity index (χ0) is 25.7. The highest BCUT2D eigenvalue weighted by atomic mass is 35.5. The van der Waals surface area contributed by atoms with E-state index in [0.29, 0.717) is 31.2 Å². The molecule has 9 heteroatoms. The number of methoxy groups -OCH3 is 1. The summed E-state index contributed by atoms with van der Waals surface area (Å²) >= 11 is 5.97. The fraction of sp³-hybridized carbons (Fsp3) is 0.296. The van der Waals surface area contributed by atoms with Gasteiger partial charge in [-0.05, 0) is 61.0 Å². The standard InChI is InChI=1S/C27H30ClN3O4S/c1-21-4-3-5-22(18-21)19-31(36(33,34)26-12-6-23(28)7-13-26)20-27(32)30-16-14-29(15-17-30)24-8-10-25(35-2)11-9-24/h3-13,18H,14-17,19-20H2,1-2H3. The van der Waals surface area contributed by atoms with Crippen LogP contribution in [0.15, 0.2) is 77.7 Å². The third-order valence-electron chi connectivity index (χ3n) is 6.27. The predicted octanol–water partition coefficient (Wildman–Crippen LogP) is 4.20. The van der Waals surface area contributed by atoms with E-state index in [2.05, 4.69) is 4.90 Å². The van der Waals surface area contributed by atoms with Gasteiger partial charge in [-0.25, -0.2) is 8.42 Å². The lowest BCUT2D eigenvalue weighted by Crippen LogP contribution is -2.51. The van der Waals surface area contributed by atoms with Gasteiger partial charge in [0.1, 0.15) is 5.75 Å². The third-order valence-corrected chi connectivity index (χ3v) is 8.33. The van der Waals surface area contributed by atoms with Gasteiger partial charge in [0.05, 0.1) is 18.6 Å². The van der Waals surface area contributed by atoms with Crippen LogP contribution < -0.4 is 9.64 Å². The van der Waals surface area contributed by atoms with Crippen LogP contribution in [0.5, 0.6) is 5.75 Å². The highest BCUT2D eigenvalue weighted by molar-refractivity contribution is 7.89. The van der Waals surface area contributed by atoms with Crippen molar-refractivity contribution < 1.29 is 17.9 Å². The number of hydrogen-bond donors (Lipinski definition) is 0. The van der Waals surface area contributed by atoms with Gasteiger partial charge in [-0.2, -0.15) is 4.31 Å². The summed E-state index contributed by atoms with van der Waals surface area (Å²) in [5.41, 5.74) is 2.91. The van der Waals surface area contributed by atoms with Gasteiger partial charge in [0, 0.05) is 43.4 Å². The molecular formula is C27H30ClN3O4S. The van der Waals surface area contributed by atoms with E-state index in [4.69, 9.17) is 16.3 Å². The number of piperazine rings is 1. The normalized spacial score (nSPS) is 14.2. The molecule has 4 rings (SSSR count). The molecule has 1 heterocycles. The van der Waals surface area contributed by atoms with Crippen molar-refractivity contribution in [2.24, 2.45) is 0 Å². The minimum absolute atomic E-state index is 0.101. The minimum atomic E-state index is -3.92. The van der Waals surface area contributed by atoms with E-state index in [1.807, 2.05) is 55.5 Å². The Morgan fingerprint density at radius 3 is 2.25 bits per heavy atom. The van der Waals surface area contributed by atoms with Gasteiger partial charge < -0.3 is 14.5 Å². The molecule has 0 aliphatic carbocycles. The van der Waals surface area contributed by atoms with E-state index in [0.717, 1.165) is 22.6 Å². The lowest BCUT2D eigenvalue weighted by molar-refractivity contribution is -0.131. The lowest BCUT2D eigenvalue weighted by Gasteiger charge is -2.37. The average Bonchev–Trinajstić information content (AvgIpc) is 2.89. The molecule has 1 aliphatic rings. The van der Waals surface area contributed by atoms with Crippen LogP contribution in [0.25, 0.3) is 0 Å². The maximum atomic E-state index is 13.5. The Balaban J connectivity index is 1.48. The topological polar surface area (TPSA) is 70.2 Å². The Hall–Kier alpha value is -3.07. The van der Waals surface area contributed by atoms with Gasteiger partial charge in [0.2, 0.25) is 15.9 Å². The van der Waals surface area contributed by atoms with Crippen LogP contribution in [0.1, 0.15) is 11.1 Å². The molecule has 1 amide bonds. The van der Waals surface area contributed by atoms with Crippen LogP contribution >= 0.6 is 11.6 Å². The highest BCUT2D eigenvalue weighted by Crippen LogP contribution is 2.23. The molecule has 3 aromatic rings. The number of nitrogens with zero attached hydrogens (tertiary/aromatic N) is 3. The Kier molecular flexibility index (Phi) is 8.18. The summed E-state index contributed by atoms with van der Waals surface area (Å²) in [4.78, 5) is 17.3. The lowest BCUT2D eigenvalue weighted by atomic mass is 10.1. The second-order valence-electron chi connectivity index (χ2n) is 8.78. The quantitative estimate of drug-likeness (QED) is 0.439. The van der Waals surface area contributed by atoms with Gasteiger partial charge in [-0.15, -0.1) is 0 Å². The number of carbonyl (C=O) groups is 1. The first-order valence-electron chi connectivity index (χ1n) is 11.7. The molecule has 0 saturated carbocycles. The van der Waals surface area contributed by atoms with Gasteiger partial charge in [-0.1, -0.05) is 41.4 Å². The summed E-state index contributed by atoms with van der Waals surface area (Å²) in [6.07, 6.45) is 0. The number of ether oxygens (including phenoxy) is 1. The van der Waals surface area contributed by atoms with E-state index in [-0.39, 0.29) is 23.9 Å². The summed E-state index contributed by atoms with van der Waals surface area (Å²) in [5.74, 6) is 0.581. The molecule has 0 bridgehead atoms. The molecule has 1 saturated heterocycles. The van der Waals surface area contributed by atoms with Gasteiger partial charge in [-0.3, -0.25) is 4.79 Å². The average molecular weight is 528 g/mol. The Morgan fingerprint density at radius 2 is 1.64 bits per heavy atom. The number of sulfonamides is 1. The Labute approximate surface area is 217 Å². The number of hydrogen-bond acceptors (Lipinski definition) is 5. The number of halogens is 1. The van der Waals surface area contributed by atoms with Crippen LogP contribution in [0, 0.1) is 6.92 Å². The molecule has 0 atom stereocenters. The molecule has 0 radical (unpaired) electrons. The van der Waals surface area contributed by atoms with Crippen LogP contribution in [0.2, 0.25) is 5.02 Å². The molecule has 3 aromatic carbocycles. The third kappa shape index (κ3) is 6.19. The van der Waals surface area contributed by atoms with Crippen molar-refractivity contribution in [3.63, 3.8) is 0 Å². The Morgan fingerprint density at radius 1 is 0.972 bits per heavy atom. The molecule has 0 unspecified atom stereocenters. The number of carbonyl (C=O) groups excluding carboxylic acids is 1. The van der Waals surface area contributed by atoms with Crippen molar-refractivity contribution in [3.8, 4) is 5.75 Å². The van der Waals surface area contributed by atoms with Crippen molar-refractivity contribution in [1.82, 2.24) is 9.21 Å². The first kappa shape index (κ1) is 26.0. The fourth-order valence-electron chi connectivity index (χ4n) is 4.25. The van der Waals surface area contributed by atoms with Crippen molar-refractivity contribution in [2.75, 3.05) is 44.7 Å². The predicted molar refractivity (Wildman–Crippen MR) is 142 cm³/mol. The Bertz CT molecular complexity index is 1290.